The zero-order valence-corrected chi connectivity index (χ0v) is 17.0. The molecule has 0 aliphatic heterocycles. The molecule has 8 heteroatoms. The molecule has 0 spiro atoms. The minimum Gasteiger partial charge on any atom is -0.496 e. The number of nitrogens with one attached hydrogen (secondary N) is 1. The van der Waals surface area contributed by atoms with Gasteiger partial charge in [-0.3, -0.25) is 4.79 Å². The Morgan fingerprint density at radius 3 is 2.50 bits per heavy atom. The van der Waals surface area contributed by atoms with Crippen LogP contribution in [0.3, 0.4) is 0 Å². The average Bonchev–Trinajstić information content (AvgIpc) is 2.74. The van der Waals surface area contributed by atoms with Gasteiger partial charge >= 0.3 is 0 Å². The van der Waals surface area contributed by atoms with Crippen LogP contribution in [0.2, 0.25) is 5.02 Å². The average molecular weight is 421 g/mol. The van der Waals surface area contributed by atoms with E-state index in [0.29, 0.717) is 27.6 Å². The van der Waals surface area contributed by atoms with Crippen LogP contribution >= 0.6 is 11.6 Å². The first-order valence-electron chi connectivity index (χ1n) is 8.81. The minimum absolute atomic E-state index is 0.0245. The molecule has 1 heterocycles. The first kappa shape index (κ1) is 20.8. The van der Waals surface area contributed by atoms with Gasteiger partial charge in [0.15, 0.2) is 0 Å². The molecule has 0 fully saturated rings. The molecule has 2 aromatic carbocycles. The summed E-state index contributed by atoms with van der Waals surface area (Å²) < 4.78 is 11.3. The number of methoxy groups -OCH3 is 1. The first-order chi connectivity index (χ1) is 14.4. The van der Waals surface area contributed by atoms with Crippen molar-refractivity contribution in [3.8, 4) is 34.8 Å². The minimum atomic E-state index is -0.658. The molecule has 3 rings (SSSR count). The third-order valence-corrected chi connectivity index (χ3v) is 4.99. The summed E-state index contributed by atoms with van der Waals surface area (Å²) in [4.78, 5) is 14.5. The summed E-state index contributed by atoms with van der Waals surface area (Å²) in [5.41, 5.74) is 7.17. The molecule has 30 heavy (non-hydrogen) atoms. The van der Waals surface area contributed by atoms with E-state index >= 15 is 0 Å². The van der Waals surface area contributed by atoms with E-state index < -0.39 is 5.56 Å². The van der Waals surface area contributed by atoms with E-state index in [-0.39, 0.29) is 29.1 Å². The van der Waals surface area contributed by atoms with Crippen molar-refractivity contribution in [1.82, 2.24) is 4.98 Å². The van der Waals surface area contributed by atoms with Crippen LogP contribution in [0.15, 0.2) is 41.2 Å². The molecule has 0 amide bonds. The van der Waals surface area contributed by atoms with Gasteiger partial charge in [0.25, 0.3) is 5.56 Å². The zero-order valence-electron chi connectivity index (χ0n) is 16.2. The number of halogens is 1. The van der Waals surface area contributed by atoms with Crippen LogP contribution in [0, 0.1) is 29.6 Å². The lowest BCUT2D eigenvalue weighted by atomic mass is 9.95. The highest BCUT2D eigenvalue weighted by atomic mass is 35.5. The van der Waals surface area contributed by atoms with Crippen molar-refractivity contribution in [3.63, 3.8) is 0 Å². The number of hydrogen-bond acceptors (Lipinski definition) is 6. The van der Waals surface area contributed by atoms with Gasteiger partial charge < -0.3 is 20.2 Å². The molecule has 0 aliphatic carbocycles. The molecular weight excluding hydrogens is 404 g/mol. The van der Waals surface area contributed by atoms with E-state index in [9.17, 15) is 15.3 Å². The number of nitrogens with zero attached hydrogens (tertiary/aromatic N) is 2. The number of anilines is 1. The standard InChI is InChI=1S/C22H17ClN4O3/c1-12-7-15(4-5-18(12)23)30-11-14-8-13(3-6-19(14)29-2)20-16(9-24)21(26)27-22(28)17(20)10-25/h3-8H,11H2,1-2H3,(H3,26,27,28). The smallest absolute Gasteiger partial charge is 0.268 e. The van der Waals surface area contributed by atoms with Crippen molar-refractivity contribution in [1.29, 1.82) is 10.5 Å². The van der Waals surface area contributed by atoms with E-state index in [1.165, 1.54) is 7.11 Å². The number of rotatable bonds is 5. The van der Waals surface area contributed by atoms with Gasteiger partial charge in [0.2, 0.25) is 0 Å². The van der Waals surface area contributed by atoms with E-state index in [1.54, 1.807) is 30.3 Å². The summed E-state index contributed by atoms with van der Waals surface area (Å²) >= 11 is 6.05. The molecule has 0 radical (unpaired) electrons. The fourth-order valence-corrected chi connectivity index (χ4v) is 3.16. The maximum atomic E-state index is 12.2. The third kappa shape index (κ3) is 3.93. The summed E-state index contributed by atoms with van der Waals surface area (Å²) in [5.74, 6) is 1.08. The van der Waals surface area contributed by atoms with Gasteiger partial charge in [-0.05, 0) is 48.4 Å². The quantitative estimate of drug-likeness (QED) is 0.644. The van der Waals surface area contributed by atoms with Crippen LogP contribution in [-0.4, -0.2) is 12.1 Å². The predicted octanol–water partition coefficient (Wildman–Crippen LogP) is 3.92. The number of aromatic amines is 1. The molecule has 0 unspecified atom stereocenters. The highest BCUT2D eigenvalue weighted by Gasteiger charge is 2.19. The van der Waals surface area contributed by atoms with Gasteiger partial charge in [-0.2, -0.15) is 10.5 Å². The Bertz CT molecular complexity index is 1270. The predicted molar refractivity (Wildman–Crippen MR) is 113 cm³/mol. The van der Waals surface area contributed by atoms with Crippen molar-refractivity contribution >= 4 is 17.4 Å². The lowest BCUT2D eigenvalue weighted by Gasteiger charge is -2.14. The molecule has 0 bridgehead atoms. The van der Waals surface area contributed by atoms with Gasteiger partial charge in [0.05, 0.1) is 7.11 Å². The molecule has 0 aliphatic rings. The second-order valence-corrected chi connectivity index (χ2v) is 6.85. The van der Waals surface area contributed by atoms with Gasteiger partial charge in [0, 0.05) is 16.1 Å². The number of nitrogen functional groups attached to an aromatic ring is 1. The van der Waals surface area contributed by atoms with Crippen LogP contribution in [-0.2, 0) is 6.61 Å². The number of ether oxygens (including phenoxy) is 2. The lowest BCUT2D eigenvalue weighted by Crippen LogP contribution is -2.16. The maximum absolute atomic E-state index is 12.2. The number of aryl methyl sites for hydroxylation is 1. The second-order valence-electron chi connectivity index (χ2n) is 6.44. The number of H-pyrrole nitrogens is 1. The number of hydrogen-bond donors (Lipinski definition) is 2. The second kappa shape index (κ2) is 8.60. The number of nitriles is 2. The molecule has 3 N–H and O–H groups in total. The van der Waals surface area contributed by atoms with Crippen LogP contribution < -0.4 is 20.8 Å². The molecule has 0 atom stereocenters. The van der Waals surface area contributed by atoms with Gasteiger partial charge in [-0.25, -0.2) is 0 Å². The molecule has 0 saturated carbocycles. The van der Waals surface area contributed by atoms with E-state index in [1.807, 2.05) is 25.1 Å². The first-order valence-corrected chi connectivity index (χ1v) is 9.19. The lowest BCUT2D eigenvalue weighted by molar-refractivity contribution is 0.296. The monoisotopic (exact) mass is 420 g/mol. The maximum Gasteiger partial charge on any atom is 0.268 e. The topological polar surface area (TPSA) is 125 Å². The van der Waals surface area contributed by atoms with E-state index in [2.05, 4.69) is 4.98 Å². The van der Waals surface area contributed by atoms with Gasteiger partial charge in [-0.1, -0.05) is 17.7 Å². The van der Waals surface area contributed by atoms with Crippen molar-refractivity contribution in [2.24, 2.45) is 0 Å². The van der Waals surface area contributed by atoms with Crippen LogP contribution in [0.4, 0.5) is 5.82 Å². The summed E-state index contributed by atoms with van der Waals surface area (Å²) in [6, 6.07) is 14.2. The Morgan fingerprint density at radius 2 is 1.87 bits per heavy atom. The summed E-state index contributed by atoms with van der Waals surface area (Å²) in [6.45, 7) is 2.03. The van der Waals surface area contributed by atoms with E-state index in [4.69, 9.17) is 26.8 Å². The van der Waals surface area contributed by atoms with Crippen molar-refractivity contribution in [2.45, 2.75) is 13.5 Å². The summed E-state index contributed by atoms with van der Waals surface area (Å²) in [7, 11) is 1.53. The summed E-state index contributed by atoms with van der Waals surface area (Å²) in [5, 5.41) is 19.6. The number of pyridine rings is 1. The van der Waals surface area contributed by atoms with Crippen LogP contribution in [0.1, 0.15) is 22.3 Å². The number of nitrogens with two attached hydrogens (primary N) is 1. The Balaban J connectivity index is 2.08. The Labute approximate surface area is 177 Å². The Hall–Kier alpha value is -3.94. The fraction of sp³-hybridized carbons (Fsp3) is 0.136. The number of aromatic nitrogens is 1. The van der Waals surface area contributed by atoms with Gasteiger partial charge in [-0.15, -0.1) is 0 Å². The number of benzene rings is 2. The molecule has 7 nitrogen and oxygen atoms in total. The highest BCUT2D eigenvalue weighted by molar-refractivity contribution is 6.31. The largest absolute Gasteiger partial charge is 0.496 e. The van der Waals surface area contributed by atoms with Crippen LogP contribution in [0.5, 0.6) is 11.5 Å². The Kier molecular flexibility index (Phi) is 5.96. The zero-order chi connectivity index (χ0) is 21.8. The van der Waals surface area contributed by atoms with Crippen LogP contribution in [0.25, 0.3) is 11.1 Å². The van der Waals surface area contributed by atoms with Crippen molar-refractivity contribution in [3.05, 3.63) is 74.0 Å². The van der Waals surface area contributed by atoms with Crippen molar-refractivity contribution in [2.75, 3.05) is 12.8 Å². The molecule has 150 valence electrons. The Morgan fingerprint density at radius 1 is 1.13 bits per heavy atom. The fourth-order valence-electron chi connectivity index (χ4n) is 3.05. The van der Waals surface area contributed by atoms with Gasteiger partial charge in [0.1, 0.15) is 47.2 Å². The summed E-state index contributed by atoms with van der Waals surface area (Å²) in [6.07, 6.45) is 0. The normalized spacial score (nSPS) is 10.2. The molecule has 0 saturated heterocycles. The molecular formula is C22H17ClN4O3. The third-order valence-electron chi connectivity index (χ3n) is 4.56. The highest BCUT2D eigenvalue weighted by Crippen LogP contribution is 2.32. The SMILES string of the molecule is COc1ccc(-c2c(C#N)c(N)[nH]c(=O)c2C#N)cc1COc1ccc(Cl)c(C)c1. The molecule has 1 aromatic heterocycles. The molecule has 3 aromatic rings. The van der Waals surface area contributed by atoms with E-state index in [0.717, 1.165) is 5.56 Å². The van der Waals surface area contributed by atoms with Crippen molar-refractivity contribution < 1.29 is 9.47 Å².